The number of hydrogen-bond acceptors (Lipinski definition) is 5. The number of nitrogens with zero attached hydrogens (tertiary/aromatic N) is 5. The van der Waals surface area contributed by atoms with Crippen LogP contribution in [0.15, 0.2) is 6.33 Å². The molecule has 3 heterocycles. The van der Waals surface area contributed by atoms with Gasteiger partial charge in [0, 0.05) is 20.1 Å². The number of anilines is 2. The second-order valence-electron chi connectivity index (χ2n) is 4.45. The maximum Gasteiger partial charge on any atom is 0.202 e. The van der Waals surface area contributed by atoms with Gasteiger partial charge in [-0.25, -0.2) is 9.97 Å². The second-order valence-corrected chi connectivity index (χ2v) is 4.45. The van der Waals surface area contributed by atoms with Crippen LogP contribution in [0, 0.1) is 0 Å². The molecule has 0 aromatic carbocycles. The number of imidazole rings is 1. The van der Waals surface area contributed by atoms with Crippen molar-refractivity contribution in [2.24, 2.45) is 7.05 Å². The van der Waals surface area contributed by atoms with Crippen LogP contribution in [0.4, 0.5) is 11.8 Å². The first kappa shape index (κ1) is 10.3. The summed E-state index contributed by atoms with van der Waals surface area (Å²) >= 11 is 0. The van der Waals surface area contributed by atoms with Crippen LogP contribution in [0.25, 0.3) is 11.2 Å². The summed E-state index contributed by atoms with van der Waals surface area (Å²) in [7, 11) is 1.90. The maximum absolute atomic E-state index is 5.82. The molecule has 1 saturated heterocycles. The Morgan fingerprint density at radius 3 is 2.71 bits per heavy atom. The Balaban J connectivity index is 2.14. The Kier molecular flexibility index (Phi) is 2.35. The normalized spacial score (nSPS) is 16.6. The standard InChI is InChI=1S/C11H16N6/c1-16-8-9(15-11(16)12)13-7-14-10(8)17-5-3-2-4-6-17/h7H,2-6H2,1H3,(H2,12,13,14,15). The molecule has 0 atom stereocenters. The van der Waals surface area contributed by atoms with Crippen molar-refractivity contribution in [3.8, 4) is 0 Å². The Hall–Kier alpha value is -1.85. The van der Waals surface area contributed by atoms with Gasteiger partial charge in [0.1, 0.15) is 11.8 Å². The molecule has 0 unspecified atom stereocenters. The third-order valence-electron chi connectivity index (χ3n) is 3.34. The Morgan fingerprint density at radius 2 is 1.94 bits per heavy atom. The maximum atomic E-state index is 5.82. The predicted octanol–water partition coefficient (Wildman–Crippen LogP) is 0.936. The van der Waals surface area contributed by atoms with E-state index < -0.39 is 0 Å². The zero-order valence-electron chi connectivity index (χ0n) is 9.93. The van der Waals surface area contributed by atoms with Gasteiger partial charge in [0.25, 0.3) is 0 Å². The van der Waals surface area contributed by atoms with Gasteiger partial charge >= 0.3 is 0 Å². The van der Waals surface area contributed by atoms with Gasteiger partial charge in [-0.15, -0.1) is 0 Å². The van der Waals surface area contributed by atoms with Crippen LogP contribution in [0.2, 0.25) is 0 Å². The number of rotatable bonds is 1. The van der Waals surface area contributed by atoms with E-state index in [-0.39, 0.29) is 0 Å². The summed E-state index contributed by atoms with van der Waals surface area (Å²) in [4.78, 5) is 15.1. The number of nitrogens with two attached hydrogens (primary N) is 1. The van der Waals surface area contributed by atoms with E-state index in [9.17, 15) is 0 Å². The van der Waals surface area contributed by atoms with Crippen LogP contribution in [-0.4, -0.2) is 32.6 Å². The minimum absolute atomic E-state index is 0.485. The van der Waals surface area contributed by atoms with Gasteiger partial charge in [-0.3, -0.25) is 0 Å². The lowest BCUT2D eigenvalue weighted by Gasteiger charge is -2.28. The lowest BCUT2D eigenvalue weighted by Crippen LogP contribution is -2.30. The number of fused-ring (bicyclic) bond motifs is 1. The smallest absolute Gasteiger partial charge is 0.202 e. The first-order valence-electron chi connectivity index (χ1n) is 5.95. The molecule has 0 radical (unpaired) electrons. The number of piperidine rings is 1. The molecular weight excluding hydrogens is 216 g/mol. The molecular formula is C11H16N6. The van der Waals surface area contributed by atoms with Crippen molar-refractivity contribution in [3.63, 3.8) is 0 Å². The summed E-state index contributed by atoms with van der Waals surface area (Å²) < 4.78 is 1.86. The summed E-state index contributed by atoms with van der Waals surface area (Å²) in [6, 6.07) is 0. The van der Waals surface area contributed by atoms with Gasteiger partial charge in [0.2, 0.25) is 5.95 Å². The van der Waals surface area contributed by atoms with E-state index >= 15 is 0 Å². The van der Waals surface area contributed by atoms with Gasteiger partial charge in [0.05, 0.1) is 0 Å². The highest BCUT2D eigenvalue weighted by molar-refractivity contribution is 5.85. The zero-order valence-corrected chi connectivity index (χ0v) is 9.93. The zero-order chi connectivity index (χ0) is 11.8. The van der Waals surface area contributed by atoms with E-state index in [4.69, 9.17) is 5.73 Å². The quantitative estimate of drug-likeness (QED) is 0.792. The van der Waals surface area contributed by atoms with Crippen LogP contribution in [0.3, 0.4) is 0 Å². The fourth-order valence-electron chi connectivity index (χ4n) is 2.38. The van der Waals surface area contributed by atoms with Gasteiger partial charge in [0.15, 0.2) is 11.5 Å². The first-order valence-corrected chi connectivity index (χ1v) is 5.95. The fourth-order valence-corrected chi connectivity index (χ4v) is 2.38. The lowest BCUT2D eigenvalue weighted by molar-refractivity contribution is 0.574. The van der Waals surface area contributed by atoms with Crippen LogP contribution >= 0.6 is 0 Å². The number of aryl methyl sites for hydroxylation is 1. The monoisotopic (exact) mass is 232 g/mol. The molecule has 1 aliphatic rings. The number of aromatic nitrogens is 4. The van der Waals surface area contributed by atoms with E-state index in [1.807, 2.05) is 11.6 Å². The molecule has 6 heteroatoms. The molecule has 3 rings (SSSR count). The average Bonchev–Trinajstić information content (AvgIpc) is 2.66. The van der Waals surface area contributed by atoms with Crippen molar-refractivity contribution in [1.82, 2.24) is 19.5 Å². The Bertz CT molecular complexity index is 540. The summed E-state index contributed by atoms with van der Waals surface area (Å²) in [5, 5.41) is 0. The topological polar surface area (TPSA) is 72.9 Å². The largest absolute Gasteiger partial charge is 0.369 e. The van der Waals surface area contributed by atoms with Crippen LogP contribution in [-0.2, 0) is 7.05 Å². The number of hydrogen-bond donors (Lipinski definition) is 1. The molecule has 0 spiro atoms. The third kappa shape index (κ3) is 1.60. The SMILES string of the molecule is Cn1c(N)nc2ncnc(N3CCCCC3)c21. The summed E-state index contributed by atoms with van der Waals surface area (Å²) in [6.07, 6.45) is 5.31. The minimum atomic E-state index is 0.485. The van der Waals surface area contributed by atoms with Gasteiger partial charge in [-0.1, -0.05) is 0 Å². The highest BCUT2D eigenvalue weighted by Crippen LogP contribution is 2.26. The molecule has 1 aliphatic heterocycles. The molecule has 0 bridgehead atoms. The van der Waals surface area contributed by atoms with E-state index in [1.165, 1.54) is 19.3 Å². The van der Waals surface area contributed by atoms with Gasteiger partial charge < -0.3 is 15.2 Å². The molecule has 2 aromatic heterocycles. The van der Waals surface area contributed by atoms with Crippen molar-refractivity contribution >= 4 is 22.9 Å². The van der Waals surface area contributed by atoms with E-state index in [0.29, 0.717) is 11.6 Å². The summed E-state index contributed by atoms with van der Waals surface area (Å²) in [6.45, 7) is 2.11. The van der Waals surface area contributed by atoms with Crippen LogP contribution < -0.4 is 10.6 Å². The molecule has 2 N–H and O–H groups in total. The molecule has 17 heavy (non-hydrogen) atoms. The highest BCUT2D eigenvalue weighted by Gasteiger charge is 2.18. The van der Waals surface area contributed by atoms with E-state index in [2.05, 4.69) is 19.9 Å². The van der Waals surface area contributed by atoms with Crippen molar-refractivity contribution in [2.45, 2.75) is 19.3 Å². The average molecular weight is 232 g/mol. The van der Waals surface area contributed by atoms with Crippen molar-refractivity contribution < 1.29 is 0 Å². The second kappa shape index (κ2) is 3.87. The van der Waals surface area contributed by atoms with Crippen molar-refractivity contribution in [1.29, 1.82) is 0 Å². The molecule has 0 aliphatic carbocycles. The molecule has 0 saturated carbocycles. The summed E-state index contributed by atoms with van der Waals surface area (Å²) in [5.41, 5.74) is 7.43. The van der Waals surface area contributed by atoms with Gasteiger partial charge in [-0.05, 0) is 19.3 Å². The molecule has 0 amide bonds. The van der Waals surface area contributed by atoms with Crippen LogP contribution in [0.1, 0.15) is 19.3 Å². The summed E-state index contributed by atoms with van der Waals surface area (Å²) in [5.74, 6) is 1.44. The number of nitrogen functional groups attached to an aromatic ring is 1. The lowest BCUT2D eigenvalue weighted by atomic mass is 10.1. The molecule has 90 valence electrons. The molecule has 6 nitrogen and oxygen atoms in total. The predicted molar refractivity (Wildman–Crippen MR) is 66.8 cm³/mol. The first-order chi connectivity index (χ1) is 8.27. The Morgan fingerprint density at radius 1 is 1.18 bits per heavy atom. The minimum Gasteiger partial charge on any atom is -0.369 e. The highest BCUT2D eigenvalue weighted by atomic mass is 15.2. The van der Waals surface area contributed by atoms with Gasteiger partial charge in [-0.2, -0.15) is 4.98 Å². The Labute approximate surface area is 99.5 Å². The fraction of sp³-hybridized carbons (Fsp3) is 0.545. The van der Waals surface area contributed by atoms with Crippen molar-refractivity contribution in [3.05, 3.63) is 6.33 Å². The van der Waals surface area contributed by atoms with Crippen LogP contribution in [0.5, 0.6) is 0 Å². The van der Waals surface area contributed by atoms with E-state index in [1.54, 1.807) is 6.33 Å². The van der Waals surface area contributed by atoms with Crippen molar-refractivity contribution in [2.75, 3.05) is 23.7 Å². The van der Waals surface area contributed by atoms with E-state index in [0.717, 1.165) is 24.4 Å². The third-order valence-corrected chi connectivity index (χ3v) is 3.34. The molecule has 1 fully saturated rings. The molecule has 2 aromatic rings.